The molecule has 8 heteroatoms. The van der Waals surface area contributed by atoms with E-state index in [1.54, 1.807) is 11.3 Å². The molecule has 0 N–H and O–H groups in total. The van der Waals surface area contributed by atoms with Gasteiger partial charge in [-0.05, 0) is 43.4 Å². The minimum absolute atomic E-state index is 0.145. The number of hydrogen-bond donors (Lipinski definition) is 0. The highest BCUT2D eigenvalue weighted by Gasteiger charge is 2.23. The molecule has 1 aromatic carbocycles. The van der Waals surface area contributed by atoms with Crippen LogP contribution >= 0.6 is 23.1 Å². The molecule has 0 bridgehead atoms. The van der Waals surface area contributed by atoms with Crippen molar-refractivity contribution >= 4 is 39.2 Å². The minimum Gasteiger partial charge on any atom is -0.486 e. The van der Waals surface area contributed by atoms with Crippen LogP contribution in [0.4, 0.5) is 0 Å². The van der Waals surface area contributed by atoms with Crippen molar-refractivity contribution in [3.05, 3.63) is 46.6 Å². The molecule has 2 aliphatic rings. The lowest BCUT2D eigenvalue weighted by molar-refractivity contribution is -0.132. The maximum atomic E-state index is 12.7. The Hall–Kier alpha value is -2.16. The van der Waals surface area contributed by atoms with Crippen molar-refractivity contribution in [2.24, 2.45) is 0 Å². The van der Waals surface area contributed by atoms with E-state index >= 15 is 0 Å². The molecule has 0 radical (unpaired) electrons. The van der Waals surface area contributed by atoms with E-state index in [4.69, 9.17) is 19.4 Å². The highest BCUT2D eigenvalue weighted by molar-refractivity contribution is 8.00. The van der Waals surface area contributed by atoms with E-state index in [9.17, 15) is 4.79 Å². The summed E-state index contributed by atoms with van der Waals surface area (Å²) in [6.45, 7) is 2.89. The molecular weight excluding hydrogens is 430 g/mol. The number of para-hydroxylation sites is 1. The first-order chi connectivity index (χ1) is 15.3. The van der Waals surface area contributed by atoms with Gasteiger partial charge in [-0.3, -0.25) is 4.79 Å². The number of ether oxygens (including phenoxy) is 2. The molecule has 0 atom stereocenters. The fraction of sp³-hybridized carbons (Fsp3) is 0.435. The number of rotatable bonds is 6. The standard InChI is InChI=1S/C23H25N3O3S2/c27-20(26-10-12-28-13-11-26)15-30-22-21-17-8-4-5-9-18(17)31-23(21)25-19(24-22)14-29-16-6-2-1-3-7-16/h1-3,6-7H,4-5,8-15H2. The maximum Gasteiger partial charge on any atom is 0.233 e. The summed E-state index contributed by atoms with van der Waals surface area (Å²) in [7, 11) is 0. The Kier molecular flexibility index (Phi) is 6.38. The summed E-state index contributed by atoms with van der Waals surface area (Å²) in [4.78, 5) is 26.7. The van der Waals surface area contributed by atoms with E-state index in [2.05, 4.69) is 0 Å². The molecule has 162 valence electrons. The van der Waals surface area contributed by atoms with Crippen molar-refractivity contribution in [1.29, 1.82) is 0 Å². The highest BCUT2D eigenvalue weighted by atomic mass is 32.2. The van der Waals surface area contributed by atoms with Crippen molar-refractivity contribution in [1.82, 2.24) is 14.9 Å². The van der Waals surface area contributed by atoms with Crippen LogP contribution in [0.1, 0.15) is 29.1 Å². The number of amides is 1. The summed E-state index contributed by atoms with van der Waals surface area (Å²) in [6, 6.07) is 9.72. The number of thiophene rings is 1. The Balaban J connectivity index is 1.40. The van der Waals surface area contributed by atoms with Crippen LogP contribution in [0.3, 0.4) is 0 Å². The number of aryl methyl sites for hydroxylation is 2. The first kappa shape index (κ1) is 20.7. The number of morpholine rings is 1. The van der Waals surface area contributed by atoms with Gasteiger partial charge in [0.25, 0.3) is 0 Å². The molecular formula is C23H25N3O3S2. The molecule has 1 amide bonds. The van der Waals surface area contributed by atoms with Crippen LogP contribution in [0.2, 0.25) is 0 Å². The second-order valence-electron chi connectivity index (χ2n) is 7.72. The summed E-state index contributed by atoms with van der Waals surface area (Å²) in [5.74, 6) is 1.99. The number of thioether (sulfide) groups is 1. The van der Waals surface area contributed by atoms with Gasteiger partial charge in [-0.2, -0.15) is 0 Å². The van der Waals surface area contributed by atoms with Gasteiger partial charge in [-0.1, -0.05) is 30.0 Å². The van der Waals surface area contributed by atoms with E-state index in [1.807, 2.05) is 35.2 Å². The predicted octanol–water partition coefficient (Wildman–Crippen LogP) is 4.10. The summed E-state index contributed by atoms with van der Waals surface area (Å²) < 4.78 is 11.3. The van der Waals surface area contributed by atoms with E-state index in [1.165, 1.54) is 35.0 Å². The molecule has 1 fully saturated rings. The van der Waals surface area contributed by atoms with Crippen LogP contribution < -0.4 is 4.74 Å². The molecule has 31 heavy (non-hydrogen) atoms. The van der Waals surface area contributed by atoms with Gasteiger partial charge in [0.1, 0.15) is 22.2 Å². The smallest absolute Gasteiger partial charge is 0.233 e. The Labute approximate surface area is 190 Å². The molecule has 2 aromatic heterocycles. The van der Waals surface area contributed by atoms with Crippen molar-refractivity contribution in [3.8, 4) is 5.75 Å². The van der Waals surface area contributed by atoms with E-state index < -0.39 is 0 Å². The van der Waals surface area contributed by atoms with Crippen LogP contribution in [0, 0.1) is 0 Å². The van der Waals surface area contributed by atoms with Gasteiger partial charge in [0, 0.05) is 23.4 Å². The average Bonchev–Trinajstić information content (AvgIpc) is 3.21. The second kappa shape index (κ2) is 9.54. The van der Waals surface area contributed by atoms with E-state index in [-0.39, 0.29) is 5.91 Å². The number of benzene rings is 1. The zero-order valence-corrected chi connectivity index (χ0v) is 19.0. The topological polar surface area (TPSA) is 64.5 Å². The minimum atomic E-state index is 0.145. The molecule has 1 aliphatic heterocycles. The Morgan fingerprint density at radius 1 is 1.13 bits per heavy atom. The number of hydrogen-bond acceptors (Lipinski definition) is 7. The third kappa shape index (κ3) is 4.71. The first-order valence-corrected chi connectivity index (χ1v) is 12.6. The first-order valence-electron chi connectivity index (χ1n) is 10.8. The maximum absolute atomic E-state index is 12.7. The van der Waals surface area contributed by atoms with Crippen LogP contribution in [0.15, 0.2) is 35.4 Å². The number of fused-ring (bicyclic) bond motifs is 3. The van der Waals surface area contributed by atoms with E-state index in [0.717, 1.165) is 33.8 Å². The molecule has 1 aliphatic carbocycles. The third-order valence-corrected chi connectivity index (χ3v) is 7.78. The zero-order chi connectivity index (χ0) is 21.0. The van der Waals surface area contributed by atoms with Gasteiger partial charge in [0.05, 0.1) is 19.0 Å². The highest BCUT2D eigenvalue weighted by Crippen LogP contribution is 2.39. The lowest BCUT2D eigenvalue weighted by Gasteiger charge is -2.26. The van der Waals surface area contributed by atoms with Crippen LogP contribution in [-0.4, -0.2) is 52.8 Å². The van der Waals surface area contributed by atoms with Crippen molar-refractivity contribution in [2.75, 3.05) is 32.1 Å². The van der Waals surface area contributed by atoms with Crippen LogP contribution in [0.5, 0.6) is 5.75 Å². The van der Waals surface area contributed by atoms with Crippen molar-refractivity contribution < 1.29 is 14.3 Å². The molecule has 6 nitrogen and oxygen atoms in total. The van der Waals surface area contributed by atoms with Gasteiger partial charge in [-0.25, -0.2) is 9.97 Å². The van der Waals surface area contributed by atoms with Gasteiger partial charge in [-0.15, -0.1) is 11.3 Å². The van der Waals surface area contributed by atoms with Crippen LogP contribution in [-0.2, 0) is 29.0 Å². The van der Waals surface area contributed by atoms with Gasteiger partial charge < -0.3 is 14.4 Å². The molecule has 5 rings (SSSR count). The summed E-state index contributed by atoms with van der Waals surface area (Å²) in [5, 5.41) is 2.07. The Morgan fingerprint density at radius 3 is 2.77 bits per heavy atom. The number of carbonyl (C=O) groups excluding carboxylic acids is 1. The van der Waals surface area contributed by atoms with Crippen LogP contribution in [0.25, 0.3) is 10.2 Å². The average molecular weight is 456 g/mol. The summed E-state index contributed by atoms with van der Waals surface area (Å²) >= 11 is 3.31. The monoisotopic (exact) mass is 455 g/mol. The SMILES string of the molecule is O=C(CSc1nc(COc2ccccc2)nc2sc3c(c12)CCCC3)N1CCOCC1. The lowest BCUT2D eigenvalue weighted by Crippen LogP contribution is -2.41. The predicted molar refractivity (Wildman–Crippen MR) is 123 cm³/mol. The summed E-state index contributed by atoms with van der Waals surface area (Å²) in [5.41, 5.74) is 1.39. The Bertz CT molecular complexity index is 1060. The van der Waals surface area contributed by atoms with Crippen molar-refractivity contribution in [2.45, 2.75) is 37.3 Å². The molecule has 0 spiro atoms. The molecule has 3 heterocycles. The molecule has 3 aromatic rings. The van der Waals surface area contributed by atoms with Crippen molar-refractivity contribution in [3.63, 3.8) is 0 Å². The normalized spacial score (nSPS) is 16.3. The quantitative estimate of drug-likeness (QED) is 0.412. The largest absolute Gasteiger partial charge is 0.486 e. The molecule has 0 unspecified atom stereocenters. The second-order valence-corrected chi connectivity index (χ2v) is 9.77. The Morgan fingerprint density at radius 2 is 1.94 bits per heavy atom. The number of carbonyl (C=O) groups is 1. The van der Waals surface area contributed by atoms with E-state index in [0.29, 0.717) is 44.5 Å². The fourth-order valence-electron chi connectivity index (χ4n) is 4.03. The molecule has 1 saturated heterocycles. The molecule has 0 saturated carbocycles. The number of aromatic nitrogens is 2. The van der Waals surface area contributed by atoms with Gasteiger partial charge >= 0.3 is 0 Å². The lowest BCUT2D eigenvalue weighted by atomic mass is 9.97. The fourth-order valence-corrected chi connectivity index (χ4v) is 6.36. The van der Waals surface area contributed by atoms with Gasteiger partial charge in [0.15, 0.2) is 5.82 Å². The summed E-state index contributed by atoms with van der Waals surface area (Å²) in [6.07, 6.45) is 4.62. The van der Waals surface area contributed by atoms with Gasteiger partial charge in [0.2, 0.25) is 5.91 Å². The third-order valence-electron chi connectivity index (χ3n) is 5.64. The zero-order valence-electron chi connectivity index (χ0n) is 17.3. The number of nitrogens with zero attached hydrogens (tertiary/aromatic N) is 3.